The van der Waals surface area contributed by atoms with Gasteiger partial charge in [-0.05, 0) is 70.1 Å². The number of pyridine rings is 1. The monoisotopic (exact) mass is 554 g/mol. The average Bonchev–Trinajstić information content (AvgIpc) is 3.09. The van der Waals surface area contributed by atoms with Crippen LogP contribution in [-0.4, -0.2) is 39.9 Å². The predicted octanol–water partition coefficient (Wildman–Crippen LogP) is 4.08. The molecule has 1 unspecified atom stereocenters. The van der Waals surface area contributed by atoms with Gasteiger partial charge in [-0.1, -0.05) is 18.2 Å². The summed E-state index contributed by atoms with van der Waals surface area (Å²) in [4.78, 5) is 31.9. The van der Waals surface area contributed by atoms with E-state index in [4.69, 9.17) is 9.47 Å². The van der Waals surface area contributed by atoms with E-state index in [1.807, 2.05) is 30.3 Å². The fourth-order valence-electron chi connectivity index (χ4n) is 4.07. The Morgan fingerprint density at radius 3 is 2.55 bits per heavy atom. The van der Waals surface area contributed by atoms with Crippen LogP contribution in [0.3, 0.4) is 0 Å². The maximum absolute atomic E-state index is 13.2. The molecule has 1 fully saturated rings. The summed E-state index contributed by atoms with van der Waals surface area (Å²) >= 11 is 2.20. The van der Waals surface area contributed by atoms with E-state index >= 15 is 0 Å². The molecule has 33 heavy (non-hydrogen) atoms. The molecule has 1 N–H and O–H groups in total. The maximum Gasteiger partial charge on any atom is 0.295 e. The van der Waals surface area contributed by atoms with E-state index in [1.165, 1.54) is 4.90 Å². The summed E-state index contributed by atoms with van der Waals surface area (Å²) in [7, 11) is 0. The van der Waals surface area contributed by atoms with Gasteiger partial charge in [-0.2, -0.15) is 0 Å². The second-order valence-electron chi connectivity index (χ2n) is 7.70. The Balaban J connectivity index is 1.63. The number of rotatable bonds is 4. The number of amides is 1. The number of Topliss-reactive ketones (excluding diaryl/α,β-unsaturated/α-hetero) is 1. The number of hydrogen-bond donors (Lipinski definition) is 1. The van der Waals surface area contributed by atoms with E-state index in [2.05, 4.69) is 27.6 Å². The highest BCUT2D eigenvalue weighted by Gasteiger charge is 2.46. The third-order valence-electron chi connectivity index (χ3n) is 5.62. The molecule has 5 rings (SSSR count). The first kappa shape index (κ1) is 21.4. The molecule has 1 saturated heterocycles. The van der Waals surface area contributed by atoms with Crippen LogP contribution in [-0.2, 0) is 16.1 Å². The number of ether oxygens (including phenoxy) is 2. The molecule has 3 heterocycles. The van der Waals surface area contributed by atoms with Gasteiger partial charge < -0.3 is 19.5 Å². The smallest absolute Gasteiger partial charge is 0.295 e. The standard InChI is InChI=1S/C25H19IN2O5/c26-18-6-3-16(4-7-18)22-21(23(29)17-5-8-19-20(12-17)33-11-10-32-19)24(30)25(31)28(22)14-15-2-1-9-27-13-15/h1-9,12-13,22,29H,10-11,14H2/b23-21+. The first-order valence-corrected chi connectivity index (χ1v) is 11.4. The van der Waals surface area contributed by atoms with E-state index in [0.29, 0.717) is 30.3 Å². The topological polar surface area (TPSA) is 89.0 Å². The molecule has 8 heteroatoms. The predicted molar refractivity (Wildman–Crippen MR) is 129 cm³/mol. The number of aliphatic hydroxyl groups is 1. The number of carbonyl (C=O) groups excluding carboxylic acids is 2. The Labute approximate surface area is 203 Å². The van der Waals surface area contributed by atoms with E-state index in [0.717, 1.165) is 14.7 Å². The highest BCUT2D eigenvalue weighted by molar-refractivity contribution is 14.1. The lowest BCUT2D eigenvalue weighted by Gasteiger charge is -2.25. The molecular formula is C25H19IN2O5. The van der Waals surface area contributed by atoms with Crippen LogP contribution in [0.5, 0.6) is 11.5 Å². The summed E-state index contributed by atoms with van der Waals surface area (Å²) in [5.41, 5.74) is 1.95. The second-order valence-corrected chi connectivity index (χ2v) is 8.94. The summed E-state index contributed by atoms with van der Waals surface area (Å²) in [5.74, 6) is -0.580. The van der Waals surface area contributed by atoms with Crippen molar-refractivity contribution in [3.63, 3.8) is 0 Å². The fraction of sp³-hybridized carbons (Fsp3) is 0.160. The zero-order valence-electron chi connectivity index (χ0n) is 17.4. The molecular weight excluding hydrogens is 535 g/mol. The van der Waals surface area contributed by atoms with Crippen LogP contribution in [0.2, 0.25) is 0 Å². The van der Waals surface area contributed by atoms with Crippen molar-refractivity contribution in [1.29, 1.82) is 0 Å². The maximum atomic E-state index is 13.2. The molecule has 2 aliphatic rings. The molecule has 166 valence electrons. The third-order valence-corrected chi connectivity index (χ3v) is 6.34. The lowest BCUT2D eigenvalue weighted by atomic mass is 9.95. The van der Waals surface area contributed by atoms with Gasteiger partial charge in [0.1, 0.15) is 19.0 Å². The van der Waals surface area contributed by atoms with E-state index in [1.54, 1.807) is 36.7 Å². The largest absolute Gasteiger partial charge is 0.507 e. The number of nitrogens with zero attached hydrogens (tertiary/aromatic N) is 2. The number of hydrogen-bond acceptors (Lipinski definition) is 6. The first-order valence-electron chi connectivity index (χ1n) is 10.4. The minimum Gasteiger partial charge on any atom is -0.507 e. The van der Waals surface area contributed by atoms with Gasteiger partial charge in [0.05, 0.1) is 11.6 Å². The van der Waals surface area contributed by atoms with E-state index in [9.17, 15) is 14.7 Å². The molecule has 3 aromatic rings. The number of fused-ring (bicyclic) bond motifs is 1. The number of aliphatic hydroxyl groups excluding tert-OH is 1. The lowest BCUT2D eigenvalue weighted by Crippen LogP contribution is -2.29. The Morgan fingerprint density at radius 1 is 1.06 bits per heavy atom. The normalized spacial score (nSPS) is 19.1. The molecule has 1 amide bonds. The van der Waals surface area contributed by atoms with Crippen LogP contribution >= 0.6 is 22.6 Å². The lowest BCUT2D eigenvalue weighted by molar-refractivity contribution is -0.140. The molecule has 0 aliphatic carbocycles. The van der Waals surface area contributed by atoms with Crippen molar-refractivity contribution in [1.82, 2.24) is 9.88 Å². The molecule has 0 saturated carbocycles. The number of halogens is 1. The molecule has 7 nitrogen and oxygen atoms in total. The van der Waals surface area contributed by atoms with Crippen molar-refractivity contribution in [2.75, 3.05) is 13.2 Å². The Morgan fingerprint density at radius 2 is 1.82 bits per heavy atom. The highest BCUT2D eigenvalue weighted by atomic mass is 127. The van der Waals surface area contributed by atoms with Crippen molar-refractivity contribution in [2.24, 2.45) is 0 Å². The molecule has 2 aromatic carbocycles. The van der Waals surface area contributed by atoms with Gasteiger partial charge in [-0.25, -0.2) is 0 Å². The number of ketones is 1. The zero-order valence-corrected chi connectivity index (χ0v) is 19.6. The summed E-state index contributed by atoms with van der Waals surface area (Å²) in [5, 5.41) is 11.2. The van der Waals surface area contributed by atoms with Crippen LogP contribution in [0.1, 0.15) is 22.7 Å². The fourth-order valence-corrected chi connectivity index (χ4v) is 4.43. The van der Waals surface area contributed by atoms with Gasteiger partial charge in [0.15, 0.2) is 11.5 Å². The van der Waals surface area contributed by atoms with Gasteiger partial charge in [0.25, 0.3) is 11.7 Å². The van der Waals surface area contributed by atoms with Crippen molar-refractivity contribution in [2.45, 2.75) is 12.6 Å². The Bertz CT molecular complexity index is 1260. The quantitative estimate of drug-likeness (QED) is 0.227. The second kappa shape index (κ2) is 8.86. The third kappa shape index (κ3) is 4.06. The van der Waals surface area contributed by atoms with Crippen LogP contribution in [0, 0.1) is 3.57 Å². The molecule has 1 aromatic heterocycles. The molecule has 2 aliphatic heterocycles. The molecule has 1 atom stereocenters. The van der Waals surface area contributed by atoms with Gasteiger partial charge in [0.2, 0.25) is 0 Å². The van der Waals surface area contributed by atoms with Crippen molar-refractivity contribution in [3.8, 4) is 11.5 Å². The van der Waals surface area contributed by atoms with Gasteiger partial charge in [0, 0.05) is 28.1 Å². The Kier molecular flexibility index (Phi) is 5.76. The van der Waals surface area contributed by atoms with Crippen LogP contribution < -0.4 is 9.47 Å². The molecule has 0 radical (unpaired) electrons. The van der Waals surface area contributed by atoms with Crippen LogP contribution in [0.25, 0.3) is 5.76 Å². The average molecular weight is 554 g/mol. The number of carbonyl (C=O) groups is 2. The van der Waals surface area contributed by atoms with Gasteiger partial charge >= 0.3 is 0 Å². The number of benzene rings is 2. The van der Waals surface area contributed by atoms with Crippen molar-refractivity contribution in [3.05, 3.63) is 92.8 Å². The van der Waals surface area contributed by atoms with Gasteiger partial charge in [-0.15, -0.1) is 0 Å². The first-order chi connectivity index (χ1) is 16.0. The summed E-state index contributed by atoms with van der Waals surface area (Å²) in [6, 6.07) is 15.4. The SMILES string of the molecule is O=C1C(=O)N(Cc2cccnc2)C(c2ccc(I)cc2)/C1=C(\O)c1ccc2c(c1)OCCO2. The number of aromatic nitrogens is 1. The van der Waals surface area contributed by atoms with E-state index < -0.39 is 17.7 Å². The Hall–Kier alpha value is -3.40. The highest BCUT2D eigenvalue weighted by Crippen LogP contribution is 2.41. The minimum atomic E-state index is -0.740. The van der Waals surface area contributed by atoms with Crippen LogP contribution in [0.4, 0.5) is 0 Å². The number of likely N-dealkylation sites (tertiary alicyclic amines) is 1. The minimum absolute atomic E-state index is 0.0433. The van der Waals surface area contributed by atoms with Gasteiger partial charge in [-0.3, -0.25) is 14.6 Å². The summed E-state index contributed by atoms with van der Waals surface area (Å²) in [6.07, 6.45) is 3.31. The van der Waals surface area contributed by atoms with Crippen molar-refractivity contribution < 1.29 is 24.2 Å². The molecule has 0 spiro atoms. The van der Waals surface area contributed by atoms with E-state index in [-0.39, 0.29) is 17.9 Å². The summed E-state index contributed by atoms with van der Waals surface area (Å²) < 4.78 is 12.2. The van der Waals surface area contributed by atoms with Crippen molar-refractivity contribution >= 4 is 40.0 Å². The summed E-state index contributed by atoms with van der Waals surface area (Å²) in [6.45, 7) is 1.03. The molecule has 0 bridgehead atoms. The zero-order chi connectivity index (χ0) is 22.9. The van der Waals surface area contributed by atoms with Crippen LogP contribution in [0.15, 0.2) is 72.6 Å².